The number of likely N-dealkylation sites (N-methyl/N-ethyl adjacent to an activating group) is 1. The molecule has 0 aliphatic carbocycles. The van der Waals surface area contributed by atoms with Crippen molar-refractivity contribution in [1.29, 1.82) is 0 Å². The van der Waals surface area contributed by atoms with E-state index in [1.54, 1.807) is 6.92 Å². The summed E-state index contributed by atoms with van der Waals surface area (Å²) >= 11 is 0. The largest absolute Gasteiger partial charge is 0.619 e. The van der Waals surface area contributed by atoms with E-state index in [4.69, 9.17) is 0 Å². The van der Waals surface area contributed by atoms with Crippen molar-refractivity contribution in [2.45, 2.75) is 91.4 Å². The first-order valence-electron chi connectivity index (χ1n) is 15.5. The summed E-state index contributed by atoms with van der Waals surface area (Å²) in [6.45, 7) is 12.6. The average molecular weight is 611 g/mol. The van der Waals surface area contributed by atoms with Gasteiger partial charge in [0.15, 0.2) is 12.4 Å². The number of rotatable bonds is 18. The van der Waals surface area contributed by atoms with Crippen LogP contribution in [0.15, 0.2) is 54.9 Å². The fourth-order valence-corrected chi connectivity index (χ4v) is 4.81. The second-order valence-electron chi connectivity index (χ2n) is 12.0. The zero-order valence-electron chi connectivity index (χ0n) is 26.9. The van der Waals surface area contributed by atoms with Crippen molar-refractivity contribution in [2.24, 2.45) is 11.8 Å². The molecule has 0 aliphatic rings. The summed E-state index contributed by atoms with van der Waals surface area (Å²) in [7, 11) is 0. The van der Waals surface area contributed by atoms with Gasteiger partial charge in [-0.1, -0.05) is 58.0 Å². The van der Waals surface area contributed by atoms with Crippen molar-refractivity contribution >= 4 is 23.6 Å². The van der Waals surface area contributed by atoms with Gasteiger partial charge >= 0.3 is 0 Å². The predicted octanol–water partition coefficient (Wildman–Crippen LogP) is 2.23. The Morgan fingerprint density at radius 2 is 1.39 bits per heavy atom. The first-order valence-corrected chi connectivity index (χ1v) is 15.5. The first kappa shape index (κ1) is 36.2. The van der Waals surface area contributed by atoms with E-state index < -0.39 is 29.9 Å². The Bertz CT molecular complexity index is 1190. The van der Waals surface area contributed by atoms with Gasteiger partial charge in [-0.2, -0.15) is 4.73 Å². The van der Waals surface area contributed by atoms with E-state index in [2.05, 4.69) is 40.4 Å². The molecule has 1 aromatic carbocycles. The Balaban J connectivity index is 2.22. The maximum atomic E-state index is 13.7. The lowest BCUT2D eigenvalue weighted by Gasteiger charge is -2.28. The molecule has 0 radical (unpaired) electrons. The highest BCUT2D eigenvalue weighted by Gasteiger charge is 2.29. The van der Waals surface area contributed by atoms with Crippen molar-refractivity contribution in [2.75, 3.05) is 13.1 Å². The normalized spacial score (nSPS) is 13.9. The second-order valence-corrected chi connectivity index (χ2v) is 12.0. The predicted molar refractivity (Wildman–Crippen MR) is 170 cm³/mol. The highest BCUT2D eigenvalue weighted by Crippen LogP contribution is 2.11. The maximum absolute atomic E-state index is 13.7. The molecule has 4 atom stereocenters. The van der Waals surface area contributed by atoms with Gasteiger partial charge in [-0.05, 0) is 56.9 Å². The Kier molecular flexibility index (Phi) is 15.3. The number of carbonyl (C=O) groups excluding carboxylic acids is 4. The fraction of sp³-hybridized carbons (Fsp3) is 0.545. The van der Waals surface area contributed by atoms with Gasteiger partial charge in [-0.15, -0.1) is 0 Å². The van der Waals surface area contributed by atoms with Crippen LogP contribution < -0.4 is 31.3 Å². The quantitative estimate of drug-likeness (QED) is 0.129. The first-order chi connectivity index (χ1) is 20.9. The second kappa shape index (κ2) is 18.6. The summed E-state index contributed by atoms with van der Waals surface area (Å²) in [4.78, 5) is 52.5. The Morgan fingerprint density at radius 1 is 0.773 bits per heavy atom. The van der Waals surface area contributed by atoms with Crippen LogP contribution in [0, 0.1) is 17.0 Å². The number of hydrogen-bond donors (Lipinski definition) is 5. The molecule has 5 N–H and O–H groups in total. The van der Waals surface area contributed by atoms with Gasteiger partial charge in [-0.3, -0.25) is 19.2 Å². The number of hydrogen-bond acceptors (Lipinski definition) is 6. The summed E-state index contributed by atoms with van der Waals surface area (Å²) in [5.74, 6) is -1.03. The van der Waals surface area contributed by atoms with Crippen LogP contribution in [0.4, 0.5) is 0 Å². The molecule has 0 fully saturated rings. The minimum Gasteiger partial charge on any atom is -0.619 e. The summed E-state index contributed by atoms with van der Waals surface area (Å²) in [6, 6.07) is 10.0. The molecule has 0 spiro atoms. The molecule has 44 heavy (non-hydrogen) atoms. The molecule has 1 heterocycles. The third-order valence-corrected chi connectivity index (χ3v) is 7.11. The lowest BCUT2D eigenvalue weighted by Crippen LogP contribution is -2.56. The van der Waals surface area contributed by atoms with E-state index in [0.717, 1.165) is 5.56 Å². The van der Waals surface area contributed by atoms with Gasteiger partial charge in [0.1, 0.15) is 12.1 Å². The molecule has 0 saturated carbocycles. The van der Waals surface area contributed by atoms with Gasteiger partial charge in [0.2, 0.25) is 17.7 Å². The lowest BCUT2D eigenvalue weighted by molar-refractivity contribution is -0.605. The van der Waals surface area contributed by atoms with Gasteiger partial charge in [0.25, 0.3) is 5.91 Å². The molecule has 2 aromatic rings. The Labute approximate surface area is 261 Å². The van der Waals surface area contributed by atoms with E-state index in [9.17, 15) is 24.4 Å². The van der Waals surface area contributed by atoms with E-state index >= 15 is 0 Å². The third-order valence-electron chi connectivity index (χ3n) is 7.11. The molecule has 11 heteroatoms. The van der Waals surface area contributed by atoms with Crippen LogP contribution in [0.1, 0.15) is 76.7 Å². The maximum Gasteiger partial charge on any atom is 0.252 e. The highest BCUT2D eigenvalue weighted by molar-refractivity contribution is 5.98. The van der Waals surface area contributed by atoms with Gasteiger partial charge in [0, 0.05) is 31.3 Å². The zero-order chi connectivity index (χ0) is 32.6. The topological polar surface area (TPSA) is 155 Å². The standard InChI is InChI=1S/C33H50N6O5/c1-7-34-30(40)24(6)35-21-27(19-22(2)3)36-32(42)28(14-13-25-11-9-8-10-12-25)37-33(43)29(20-23(4)5)38-31(41)26-15-17-39(44)18-16-26/h8-12,15-18,22-24,27-29,35H,7,13-14,19-21H2,1-6H3,(H,34,40)(H,36,42)(H,37,43)(H,38,41)/t24-,27-,28-,29-/m0/s1. The molecule has 4 amide bonds. The minimum atomic E-state index is -0.889. The van der Waals surface area contributed by atoms with E-state index in [-0.39, 0.29) is 35.3 Å². The van der Waals surface area contributed by atoms with Gasteiger partial charge in [-0.25, -0.2) is 0 Å². The Morgan fingerprint density at radius 3 is 1.98 bits per heavy atom. The molecule has 0 bridgehead atoms. The molecule has 0 saturated heterocycles. The van der Waals surface area contributed by atoms with Crippen LogP contribution in [0.25, 0.3) is 0 Å². The van der Waals surface area contributed by atoms with Crippen LogP contribution in [0.3, 0.4) is 0 Å². The van der Waals surface area contributed by atoms with E-state index in [0.29, 0.717) is 43.5 Å². The SMILES string of the molecule is CCNC(=O)[C@H](C)NC[C@H](CC(C)C)NC(=O)[C@H](CCc1ccccc1)NC(=O)[C@H](CC(C)C)NC(=O)c1cc[n+]([O-])cc1. The molecule has 2 rings (SSSR count). The number of carbonyl (C=O) groups is 4. The van der Waals surface area contributed by atoms with Crippen LogP contribution in [-0.2, 0) is 20.8 Å². The zero-order valence-corrected chi connectivity index (χ0v) is 26.9. The average Bonchev–Trinajstić information content (AvgIpc) is 2.97. The van der Waals surface area contributed by atoms with Crippen molar-refractivity contribution in [3.05, 3.63) is 71.2 Å². The van der Waals surface area contributed by atoms with Crippen molar-refractivity contribution in [3.8, 4) is 0 Å². The summed E-state index contributed by atoms with van der Waals surface area (Å²) < 4.78 is 0.577. The number of amides is 4. The van der Waals surface area contributed by atoms with Crippen LogP contribution in [-0.4, -0.2) is 60.9 Å². The summed E-state index contributed by atoms with van der Waals surface area (Å²) in [6.07, 6.45) is 4.37. The van der Waals surface area contributed by atoms with E-state index in [1.165, 1.54) is 24.5 Å². The molecule has 0 aliphatic heterocycles. The third kappa shape index (κ3) is 13.1. The highest BCUT2D eigenvalue weighted by atomic mass is 16.5. The van der Waals surface area contributed by atoms with Crippen molar-refractivity contribution < 1.29 is 23.9 Å². The number of benzene rings is 1. The van der Waals surface area contributed by atoms with Crippen LogP contribution in [0.2, 0.25) is 0 Å². The van der Waals surface area contributed by atoms with Crippen LogP contribution >= 0.6 is 0 Å². The Hall–Kier alpha value is -3.99. The number of pyridine rings is 1. The molecular weight excluding hydrogens is 560 g/mol. The van der Waals surface area contributed by atoms with Crippen molar-refractivity contribution in [1.82, 2.24) is 26.6 Å². The molecule has 242 valence electrons. The monoisotopic (exact) mass is 610 g/mol. The van der Waals surface area contributed by atoms with Gasteiger partial charge < -0.3 is 31.8 Å². The molecule has 11 nitrogen and oxygen atoms in total. The van der Waals surface area contributed by atoms with Crippen molar-refractivity contribution in [3.63, 3.8) is 0 Å². The smallest absolute Gasteiger partial charge is 0.252 e. The fourth-order valence-electron chi connectivity index (χ4n) is 4.81. The van der Waals surface area contributed by atoms with Crippen LogP contribution in [0.5, 0.6) is 0 Å². The molecule has 1 aromatic heterocycles. The number of aromatic nitrogens is 1. The minimum absolute atomic E-state index is 0.0793. The summed E-state index contributed by atoms with van der Waals surface area (Å²) in [5, 5.41) is 26.2. The lowest BCUT2D eigenvalue weighted by atomic mass is 9.99. The number of aryl methyl sites for hydroxylation is 1. The molecular formula is C33H50N6O5. The van der Waals surface area contributed by atoms with E-state index in [1.807, 2.05) is 51.1 Å². The van der Waals surface area contributed by atoms with Gasteiger partial charge in [0.05, 0.1) is 11.6 Å². The number of nitrogens with zero attached hydrogens (tertiary/aromatic N) is 1. The molecule has 0 unspecified atom stereocenters. The summed E-state index contributed by atoms with van der Waals surface area (Å²) in [5.41, 5.74) is 1.28. The number of nitrogens with one attached hydrogen (secondary N) is 5.